The van der Waals surface area contributed by atoms with Crippen LogP contribution in [0, 0.1) is 0 Å². The van der Waals surface area contributed by atoms with Gasteiger partial charge in [0.05, 0.1) is 12.7 Å². The summed E-state index contributed by atoms with van der Waals surface area (Å²) in [5.74, 6) is 0. The topological polar surface area (TPSA) is 41.7 Å². The molecule has 1 aliphatic rings. The van der Waals surface area contributed by atoms with Crippen molar-refractivity contribution in [3.05, 3.63) is 0 Å². The smallest absolute Gasteiger partial charge is 0.0829 e. The molecular weight excluding hydrogens is 226 g/mol. The molecule has 0 saturated carbocycles. The van der Waals surface area contributed by atoms with Crippen molar-refractivity contribution in [2.45, 2.75) is 52.3 Å². The van der Waals surface area contributed by atoms with Crippen LogP contribution in [-0.4, -0.2) is 66.8 Å². The Morgan fingerprint density at radius 3 is 2.61 bits per heavy atom. The maximum Gasteiger partial charge on any atom is 0.0829 e. The number of hydrogen-bond acceptors (Lipinski definition) is 4. The van der Waals surface area contributed by atoms with Gasteiger partial charge in [0.2, 0.25) is 0 Å². The minimum Gasteiger partial charge on any atom is -0.374 e. The molecule has 0 bridgehead atoms. The minimum absolute atomic E-state index is 0.0538. The van der Waals surface area contributed by atoms with Crippen molar-refractivity contribution in [3.63, 3.8) is 0 Å². The number of hydrogen-bond donors (Lipinski definition) is 1. The molecule has 0 aromatic carbocycles. The number of nitrogens with two attached hydrogens (primary N) is 1. The maximum atomic E-state index is 5.91. The first-order chi connectivity index (χ1) is 8.40. The molecule has 0 aromatic rings. The van der Waals surface area contributed by atoms with Crippen LogP contribution in [0.25, 0.3) is 0 Å². The number of nitrogens with zero attached hydrogens (tertiary/aromatic N) is 2. The second-order valence-corrected chi connectivity index (χ2v) is 6.14. The second-order valence-electron chi connectivity index (χ2n) is 6.14. The van der Waals surface area contributed by atoms with Gasteiger partial charge in [0.1, 0.15) is 0 Å². The lowest BCUT2D eigenvalue weighted by atomic mass is 10.0. The Kier molecular flexibility index (Phi) is 6.05. The molecule has 0 aliphatic carbocycles. The van der Waals surface area contributed by atoms with Gasteiger partial charge in [-0.3, -0.25) is 9.80 Å². The number of rotatable bonds is 6. The van der Waals surface area contributed by atoms with Gasteiger partial charge in [-0.2, -0.15) is 0 Å². The van der Waals surface area contributed by atoms with Crippen LogP contribution in [0.3, 0.4) is 0 Å². The van der Waals surface area contributed by atoms with E-state index in [9.17, 15) is 0 Å². The van der Waals surface area contributed by atoms with E-state index in [-0.39, 0.29) is 5.54 Å². The first-order valence-corrected chi connectivity index (χ1v) is 7.21. The van der Waals surface area contributed by atoms with Crippen LogP contribution in [0.1, 0.15) is 34.6 Å². The summed E-state index contributed by atoms with van der Waals surface area (Å²) in [7, 11) is 0. The van der Waals surface area contributed by atoms with Gasteiger partial charge in [-0.05, 0) is 34.2 Å². The Morgan fingerprint density at radius 2 is 2.11 bits per heavy atom. The maximum absolute atomic E-state index is 5.91. The summed E-state index contributed by atoms with van der Waals surface area (Å²) in [5, 5.41) is 0. The van der Waals surface area contributed by atoms with Crippen LogP contribution < -0.4 is 5.73 Å². The molecule has 0 radical (unpaired) electrons. The van der Waals surface area contributed by atoms with Crippen LogP contribution in [0.4, 0.5) is 0 Å². The summed E-state index contributed by atoms with van der Waals surface area (Å²) in [4.78, 5) is 4.93. The van der Waals surface area contributed by atoms with E-state index in [0.717, 1.165) is 32.8 Å². The standard InChI is InChI=1S/C14H31N3O/c1-6-17(14(4,5)11-15)10-13-9-16(12(2)3)7-8-18-13/h12-13H,6-11,15H2,1-5H3. The molecule has 1 unspecified atom stereocenters. The van der Waals surface area contributed by atoms with E-state index in [1.807, 2.05) is 0 Å². The third-order valence-corrected chi connectivity index (χ3v) is 4.06. The number of morpholine rings is 1. The SMILES string of the molecule is CCN(CC1CN(C(C)C)CCO1)C(C)(C)CN. The molecule has 1 atom stereocenters. The monoisotopic (exact) mass is 257 g/mol. The Morgan fingerprint density at radius 1 is 1.44 bits per heavy atom. The fourth-order valence-electron chi connectivity index (χ4n) is 2.50. The largest absolute Gasteiger partial charge is 0.374 e. The summed E-state index contributed by atoms with van der Waals surface area (Å²) in [6, 6.07) is 0.606. The fraction of sp³-hybridized carbons (Fsp3) is 1.00. The molecule has 1 fully saturated rings. The predicted molar refractivity (Wildman–Crippen MR) is 76.8 cm³/mol. The van der Waals surface area contributed by atoms with Crippen LogP contribution in [-0.2, 0) is 4.74 Å². The van der Waals surface area contributed by atoms with Crippen molar-refractivity contribution >= 4 is 0 Å². The van der Waals surface area contributed by atoms with Crippen LogP contribution in [0.15, 0.2) is 0 Å². The van der Waals surface area contributed by atoms with Gasteiger partial charge in [-0.25, -0.2) is 0 Å². The molecule has 0 spiro atoms. The first-order valence-electron chi connectivity index (χ1n) is 7.21. The third-order valence-electron chi connectivity index (χ3n) is 4.06. The molecule has 0 aromatic heterocycles. The quantitative estimate of drug-likeness (QED) is 0.775. The summed E-state index contributed by atoms with van der Waals surface area (Å²) in [6.07, 6.45) is 0.312. The van der Waals surface area contributed by atoms with Gasteiger partial charge in [0, 0.05) is 37.8 Å². The minimum atomic E-state index is 0.0538. The summed E-state index contributed by atoms with van der Waals surface area (Å²) < 4.78 is 5.91. The number of likely N-dealkylation sites (N-methyl/N-ethyl adjacent to an activating group) is 1. The molecule has 1 rings (SSSR count). The van der Waals surface area contributed by atoms with Gasteiger partial charge in [-0.15, -0.1) is 0 Å². The van der Waals surface area contributed by atoms with Gasteiger partial charge in [-0.1, -0.05) is 6.92 Å². The molecule has 4 heteroatoms. The zero-order chi connectivity index (χ0) is 13.8. The molecule has 2 N–H and O–H groups in total. The van der Waals surface area contributed by atoms with Crippen molar-refractivity contribution in [1.82, 2.24) is 9.80 Å². The van der Waals surface area contributed by atoms with E-state index in [1.165, 1.54) is 0 Å². The summed E-state index contributed by atoms with van der Waals surface area (Å²) >= 11 is 0. The Labute approximate surface area is 112 Å². The zero-order valence-electron chi connectivity index (χ0n) is 12.8. The third kappa shape index (κ3) is 4.19. The van der Waals surface area contributed by atoms with Gasteiger partial charge >= 0.3 is 0 Å². The molecule has 1 heterocycles. The molecule has 108 valence electrons. The predicted octanol–water partition coefficient (Wildman–Crippen LogP) is 1.15. The number of ether oxygens (including phenoxy) is 1. The normalized spacial score (nSPS) is 23.0. The Bertz CT molecular complexity index is 243. The van der Waals surface area contributed by atoms with Gasteiger partial charge in [0.25, 0.3) is 0 Å². The summed E-state index contributed by atoms with van der Waals surface area (Å²) in [6.45, 7) is 16.7. The highest BCUT2D eigenvalue weighted by atomic mass is 16.5. The average molecular weight is 257 g/mol. The Balaban J connectivity index is 2.54. The average Bonchev–Trinajstić information content (AvgIpc) is 2.36. The van der Waals surface area contributed by atoms with Crippen LogP contribution >= 0.6 is 0 Å². The van der Waals surface area contributed by atoms with Crippen molar-refractivity contribution in [2.24, 2.45) is 5.73 Å². The van der Waals surface area contributed by atoms with Crippen molar-refractivity contribution in [2.75, 3.05) is 39.3 Å². The zero-order valence-corrected chi connectivity index (χ0v) is 12.8. The lowest BCUT2D eigenvalue weighted by Crippen LogP contribution is -2.55. The molecule has 0 amide bonds. The fourth-order valence-corrected chi connectivity index (χ4v) is 2.50. The lowest BCUT2D eigenvalue weighted by Gasteiger charge is -2.42. The molecule has 1 saturated heterocycles. The van der Waals surface area contributed by atoms with Crippen LogP contribution in [0.5, 0.6) is 0 Å². The van der Waals surface area contributed by atoms with E-state index in [4.69, 9.17) is 10.5 Å². The molecule has 1 aliphatic heterocycles. The van der Waals surface area contributed by atoms with Crippen molar-refractivity contribution < 1.29 is 4.74 Å². The van der Waals surface area contributed by atoms with E-state index < -0.39 is 0 Å². The van der Waals surface area contributed by atoms with Crippen LogP contribution in [0.2, 0.25) is 0 Å². The van der Waals surface area contributed by atoms with Crippen molar-refractivity contribution in [1.29, 1.82) is 0 Å². The van der Waals surface area contributed by atoms with Gasteiger partial charge in [0.15, 0.2) is 0 Å². The van der Waals surface area contributed by atoms with E-state index in [1.54, 1.807) is 0 Å². The summed E-state index contributed by atoms with van der Waals surface area (Å²) in [5.41, 5.74) is 5.92. The lowest BCUT2D eigenvalue weighted by molar-refractivity contribution is -0.0624. The highest BCUT2D eigenvalue weighted by Gasteiger charge is 2.29. The highest BCUT2D eigenvalue weighted by Crippen LogP contribution is 2.16. The second kappa shape index (κ2) is 6.85. The molecule has 4 nitrogen and oxygen atoms in total. The van der Waals surface area contributed by atoms with E-state index in [2.05, 4.69) is 44.4 Å². The highest BCUT2D eigenvalue weighted by molar-refractivity contribution is 4.85. The Hall–Kier alpha value is -0.160. The molecule has 18 heavy (non-hydrogen) atoms. The van der Waals surface area contributed by atoms with E-state index >= 15 is 0 Å². The first kappa shape index (κ1) is 15.9. The van der Waals surface area contributed by atoms with Gasteiger partial charge < -0.3 is 10.5 Å². The molecular formula is C14H31N3O. The van der Waals surface area contributed by atoms with E-state index in [0.29, 0.717) is 18.7 Å². The van der Waals surface area contributed by atoms with Crippen molar-refractivity contribution in [3.8, 4) is 0 Å².